The summed E-state index contributed by atoms with van der Waals surface area (Å²) in [6, 6.07) is 3.02. The number of pyridine rings is 1. The summed E-state index contributed by atoms with van der Waals surface area (Å²) in [6.07, 6.45) is 3.40. The Bertz CT molecular complexity index is 655. The van der Waals surface area contributed by atoms with Crippen molar-refractivity contribution in [3.63, 3.8) is 0 Å². The van der Waals surface area contributed by atoms with Gasteiger partial charge < -0.3 is 9.30 Å². The molecule has 2 rings (SSSR count). The van der Waals surface area contributed by atoms with E-state index < -0.39 is 8.07 Å². The summed E-state index contributed by atoms with van der Waals surface area (Å²) >= 11 is 6.17. The second kappa shape index (κ2) is 5.96. The Morgan fingerprint density at radius 1 is 1.45 bits per heavy atom. The third-order valence-corrected chi connectivity index (χ3v) is 5.15. The summed E-state index contributed by atoms with van der Waals surface area (Å²) < 4.78 is 7.63. The van der Waals surface area contributed by atoms with Gasteiger partial charge in [0.05, 0.1) is 11.6 Å². The van der Waals surface area contributed by atoms with E-state index in [-0.39, 0.29) is 0 Å². The normalized spacial score (nSPS) is 11.8. The highest BCUT2D eigenvalue weighted by Crippen LogP contribution is 2.31. The monoisotopic (exact) mass is 307 g/mol. The van der Waals surface area contributed by atoms with Crippen molar-refractivity contribution < 1.29 is 4.74 Å². The van der Waals surface area contributed by atoms with Crippen molar-refractivity contribution >= 4 is 36.4 Å². The van der Waals surface area contributed by atoms with Gasteiger partial charge in [-0.15, -0.1) is 0 Å². The van der Waals surface area contributed by atoms with Gasteiger partial charge in [-0.1, -0.05) is 31.2 Å². The van der Waals surface area contributed by atoms with E-state index in [9.17, 15) is 0 Å². The molecule has 0 aliphatic rings. The van der Waals surface area contributed by atoms with Crippen molar-refractivity contribution in [3.05, 3.63) is 34.9 Å². The summed E-state index contributed by atoms with van der Waals surface area (Å²) in [6.45, 7) is 15.3. The number of halogens is 1. The molecule has 0 bridgehead atoms. The highest BCUT2D eigenvalue weighted by Gasteiger charge is 2.13. The third-order valence-electron chi connectivity index (χ3n) is 3.05. The fourth-order valence-electron chi connectivity index (χ4n) is 1.82. The van der Waals surface area contributed by atoms with Crippen molar-refractivity contribution in [3.8, 4) is 0 Å². The number of hydrogen-bond acceptors (Lipinski definition) is 2. The summed E-state index contributed by atoms with van der Waals surface area (Å²) in [5.74, 6) is 0. The van der Waals surface area contributed by atoms with E-state index in [0.717, 1.165) is 23.7 Å². The largest absolute Gasteiger partial charge is 0.361 e. The van der Waals surface area contributed by atoms with Gasteiger partial charge in [-0.2, -0.15) is 0 Å². The van der Waals surface area contributed by atoms with Gasteiger partial charge >= 0.3 is 0 Å². The summed E-state index contributed by atoms with van der Waals surface area (Å²) in [4.78, 5) is 7.65. The number of nitrogens with zero attached hydrogens (tertiary/aromatic N) is 3. The number of rotatable bonds is 5. The lowest BCUT2D eigenvalue weighted by atomic mass is 10.3. The van der Waals surface area contributed by atoms with Crippen molar-refractivity contribution in [1.29, 1.82) is 0 Å². The molecule has 2 aromatic rings. The smallest absolute Gasteiger partial charge is 0.224 e. The molecule has 0 radical (unpaired) electrons. The van der Waals surface area contributed by atoms with E-state index in [0.29, 0.717) is 17.4 Å². The summed E-state index contributed by atoms with van der Waals surface area (Å²) in [5.41, 5.74) is 1.15. The number of fused-ring (bicyclic) bond motifs is 1. The van der Waals surface area contributed by atoms with Crippen LogP contribution in [0.3, 0.4) is 0 Å². The molecule has 20 heavy (non-hydrogen) atoms. The lowest BCUT2D eigenvalue weighted by Crippen LogP contribution is -2.22. The van der Waals surface area contributed by atoms with Gasteiger partial charge in [0.1, 0.15) is 12.4 Å². The molecule has 4 nitrogen and oxygen atoms in total. The zero-order chi connectivity index (χ0) is 14.8. The molecule has 0 aliphatic heterocycles. The molecule has 0 fully saturated rings. The van der Waals surface area contributed by atoms with E-state index >= 15 is 0 Å². The van der Waals surface area contributed by atoms with E-state index in [1.165, 1.54) is 6.20 Å². The van der Waals surface area contributed by atoms with Crippen molar-refractivity contribution in [2.45, 2.75) is 32.4 Å². The van der Waals surface area contributed by atoms with Crippen LogP contribution in [0, 0.1) is 6.57 Å². The SMILES string of the molecule is [C-]#[N+]c1cnc2c(ccn2COCC[Si](C)(C)C)c1Cl. The van der Waals surface area contributed by atoms with Crippen LogP contribution in [-0.2, 0) is 11.5 Å². The molecular formula is C14H18ClN3OSi. The third kappa shape index (κ3) is 3.40. The zero-order valence-corrected chi connectivity index (χ0v) is 13.7. The van der Waals surface area contributed by atoms with Gasteiger partial charge in [0.25, 0.3) is 0 Å². The Hall–Kier alpha value is -1.35. The number of hydrogen-bond donors (Lipinski definition) is 0. The lowest BCUT2D eigenvalue weighted by molar-refractivity contribution is 0.0899. The first-order valence-corrected chi connectivity index (χ1v) is 10.6. The standard InChI is InChI=1S/C14H18ClN3OSi/c1-16-12-9-17-14-11(13(12)15)5-6-18(14)10-19-7-8-20(2,3)4/h5-6,9H,7-8,10H2,2-4H3. The average molecular weight is 308 g/mol. The first-order valence-electron chi connectivity index (χ1n) is 6.51. The first kappa shape index (κ1) is 15.0. The molecule has 0 spiro atoms. The summed E-state index contributed by atoms with van der Waals surface area (Å²) in [5, 5.41) is 1.26. The fraction of sp³-hybridized carbons (Fsp3) is 0.429. The first-order chi connectivity index (χ1) is 9.42. The topological polar surface area (TPSA) is 31.4 Å². The average Bonchev–Trinajstić information content (AvgIpc) is 2.78. The molecule has 0 atom stereocenters. The molecule has 6 heteroatoms. The maximum absolute atomic E-state index is 7.03. The molecule has 0 saturated heterocycles. The predicted molar refractivity (Wildman–Crippen MR) is 85.1 cm³/mol. The van der Waals surface area contributed by atoms with Crippen molar-refractivity contribution in [2.24, 2.45) is 0 Å². The van der Waals surface area contributed by atoms with Crippen LogP contribution in [0.5, 0.6) is 0 Å². The lowest BCUT2D eigenvalue weighted by Gasteiger charge is -2.15. The Kier molecular flexibility index (Phi) is 4.48. The molecule has 2 aromatic heterocycles. The quantitative estimate of drug-likeness (QED) is 0.461. The van der Waals surface area contributed by atoms with Gasteiger partial charge in [-0.3, -0.25) is 0 Å². The molecular weight excluding hydrogens is 290 g/mol. The molecule has 2 heterocycles. The van der Waals surface area contributed by atoms with Crippen LogP contribution in [0.25, 0.3) is 15.9 Å². The van der Waals surface area contributed by atoms with E-state index in [2.05, 4.69) is 29.5 Å². The molecule has 0 saturated carbocycles. The Morgan fingerprint density at radius 2 is 2.20 bits per heavy atom. The second-order valence-corrected chi connectivity index (χ2v) is 11.9. The molecule has 0 N–H and O–H groups in total. The maximum Gasteiger partial charge on any atom is 0.224 e. The van der Waals surface area contributed by atoms with E-state index in [4.69, 9.17) is 22.9 Å². The Labute approximate surface area is 125 Å². The minimum absolute atomic E-state index is 0.386. The van der Waals surface area contributed by atoms with E-state index in [1.807, 2.05) is 16.8 Å². The summed E-state index contributed by atoms with van der Waals surface area (Å²) in [7, 11) is -1.06. The van der Waals surface area contributed by atoms with Crippen LogP contribution in [0.15, 0.2) is 18.5 Å². The Balaban J connectivity index is 2.09. The molecule has 106 valence electrons. The van der Waals surface area contributed by atoms with Crippen molar-refractivity contribution in [1.82, 2.24) is 9.55 Å². The van der Waals surface area contributed by atoms with Crippen LogP contribution in [-0.4, -0.2) is 24.2 Å². The Morgan fingerprint density at radius 3 is 2.85 bits per heavy atom. The highest BCUT2D eigenvalue weighted by atomic mass is 35.5. The van der Waals surface area contributed by atoms with Gasteiger partial charge in [-0.05, 0) is 12.1 Å². The molecule has 0 unspecified atom stereocenters. The predicted octanol–water partition coefficient (Wildman–Crippen LogP) is 4.55. The van der Waals surface area contributed by atoms with Crippen LogP contribution in [0.2, 0.25) is 30.7 Å². The number of ether oxygens (including phenoxy) is 1. The van der Waals surface area contributed by atoms with Gasteiger partial charge in [0, 0.05) is 32.5 Å². The number of aromatic nitrogens is 2. The van der Waals surface area contributed by atoms with Crippen LogP contribution in [0.1, 0.15) is 0 Å². The van der Waals surface area contributed by atoms with Crippen LogP contribution >= 0.6 is 11.6 Å². The second-order valence-electron chi connectivity index (χ2n) is 5.94. The zero-order valence-electron chi connectivity index (χ0n) is 12.0. The fourth-order valence-corrected chi connectivity index (χ4v) is 2.81. The maximum atomic E-state index is 7.03. The van der Waals surface area contributed by atoms with Gasteiger partial charge in [-0.25, -0.2) is 9.83 Å². The molecule has 0 aromatic carbocycles. The van der Waals surface area contributed by atoms with Gasteiger partial charge in [0.15, 0.2) is 0 Å². The molecule has 0 aliphatic carbocycles. The molecule has 0 amide bonds. The minimum Gasteiger partial charge on any atom is -0.361 e. The van der Waals surface area contributed by atoms with E-state index in [1.54, 1.807) is 0 Å². The highest BCUT2D eigenvalue weighted by molar-refractivity contribution is 6.76. The van der Waals surface area contributed by atoms with Gasteiger partial charge in [0.2, 0.25) is 5.69 Å². The van der Waals surface area contributed by atoms with Crippen LogP contribution in [0.4, 0.5) is 5.69 Å². The van der Waals surface area contributed by atoms with Crippen LogP contribution < -0.4 is 0 Å². The van der Waals surface area contributed by atoms with Crippen molar-refractivity contribution in [2.75, 3.05) is 6.61 Å². The minimum atomic E-state index is -1.06.